The normalized spacial score (nSPS) is 50.5. The van der Waals surface area contributed by atoms with Gasteiger partial charge in [0.2, 0.25) is 0 Å². The molecule has 0 heterocycles. The van der Waals surface area contributed by atoms with Crippen LogP contribution in [0.2, 0.25) is 0 Å². The molecule has 0 nitrogen and oxygen atoms in total. The van der Waals surface area contributed by atoms with Crippen LogP contribution in [0.3, 0.4) is 0 Å². The molecule has 2 rings (SSSR count). The molecule has 0 bridgehead atoms. The van der Waals surface area contributed by atoms with Gasteiger partial charge in [0.15, 0.2) is 0 Å². The van der Waals surface area contributed by atoms with Gasteiger partial charge in [-0.25, -0.2) is 0 Å². The minimum atomic E-state index is 0.814. The molecule has 0 spiro atoms. The van der Waals surface area contributed by atoms with E-state index in [1.165, 1.54) is 25.7 Å². The maximum Gasteiger partial charge on any atom is -0.0292 e. The first kappa shape index (κ1) is 7.64. The van der Waals surface area contributed by atoms with E-state index in [0.29, 0.717) is 0 Å². The van der Waals surface area contributed by atoms with Crippen LogP contribution in [-0.2, 0) is 0 Å². The van der Waals surface area contributed by atoms with Crippen LogP contribution in [0.5, 0.6) is 0 Å². The van der Waals surface area contributed by atoms with Crippen molar-refractivity contribution in [1.29, 1.82) is 0 Å². The van der Waals surface area contributed by atoms with Gasteiger partial charge < -0.3 is 0 Å². The van der Waals surface area contributed by atoms with Gasteiger partial charge >= 0.3 is 0 Å². The lowest BCUT2D eigenvalue weighted by Gasteiger charge is -2.64. The SMILES string of the molecule is CCC(C)C1CC2(C)CCC12. The Morgan fingerprint density at radius 3 is 2.55 bits per heavy atom. The summed E-state index contributed by atoms with van der Waals surface area (Å²) in [7, 11) is 0. The summed E-state index contributed by atoms with van der Waals surface area (Å²) in [5.41, 5.74) is 0.814. The predicted octanol–water partition coefficient (Wildman–Crippen LogP) is 3.47. The number of hydrogen-bond donors (Lipinski definition) is 0. The van der Waals surface area contributed by atoms with E-state index in [9.17, 15) is 0 Å². The van der Waals surface area contributed by atoms with Gasteiger partial charge in [0.25, 0.3) is 0 Å². The highest BCUT2D eigenvalue weighted by atomic mass is 14.6. The van der Waals surface area contributed by atoms with Crippen molar-refractivity contribution in [2.75, 3.05) is 0 Å². The summed E-state index contributed by atoms with van der Waals surface area (Å²) in [5, 5.41) is 0. The standard InChI is InChI=1S/C11H20/c1-4-8(2)9-7-11(3)6-5-10(9)11/h8-10H,4-7H2,1-3H3. The second-order valence-electron chi connectivity index (χ2n) is 5.05. The van der Waals surface area contributed by atoms with Gasteiger partial charge in [0, 0.05) is 0 Å². The Labute approximate surface area is 70.4 Å². The smallest absolute Gasteiger partial charge is 0.0292 e. The van der Waals surface area contributed by atoms with E-state index < -0.39 is 0 Å². The van der Waals surface area contributed by atoms with Crippen molar-refractivity contribution >= 4 is 0 Å². The monoisotopic (exact) mass is 152 g/mol. The molecular weight excluding hydrogens is 132 g/mol. The van der Waals surface area contributed by atoms with E-state index >= 15 is 0 Å². The summed E-state index contributed by atoms with van der Waals surface area (Å²) >= 11 is 0. The Bertz CT molecular complexity index is 161. The van der Waals surface area contributed by atoms with Gasteiger partial charge in [-0.05, 0) is 42.4 Å². The van der Waals surface area contributed by atoms with Gasteiger partial charge in [-0.15, -0.1) is 0 Å². The largest absolute Gasteiger partial charge is 0.0651 e. The molecule has 11 heavy (non-hydrogen) atoms. The average molecular weight is 152 g/mol. The van der Waals surface area contributed by atoms with Crippen LogP contribution in [0.1, 0.15) is 46.5 Å². The molecule has 0 aliphatic heterocycles. The van der Waals surface area contributed by atoms with E-state index in [4.69, 9.17) is 0 Å². The minimum Gasteiger partial charge on any atom is -0.0651 e. The summed E-state index contributed by atoms with van der Waals surface area (Å²) in [4.78, 5) is 0. The molecule has 2 aliphatic carbocycles. The summed E-state index contributed by atoms with van der Waals surface area (Å²) in [6.45, 7) is 7.25. The van der Waals surface area contributed by atoms with Gasteiger partial charge in [-0.3, -0.25) is 0 Å². The second-order valence-corrected chi connectivity index (χ2v) is 5.05. The lowest BCUT2D eigenvalue weighted by atomic mass is 9.41. The average Bonchev–Trinajstić information content (AvgIpc) is 2.00. The molecule has 0 aromatic rings. The van der Waals surface area contributed by atoms with Crippen molar-refractivity contribution in [3.63, 3.8) is 0 Å². The second kappa shape index (κ2) is 2.24. The fourth-order valence-corrected chi connectivity index (χ4v) is 3.21. The zero-order valence-corrected chi connectivity index (χ0v) is 8.06. The molecule has 4 atom stereocenters. The van der Waals surface area contributed by atoms with Crippen molar-refractivity contribution < 1.29 is 0 Å². The number of fused-ring (bicyclic) bond motifs is 1. The third kappa shape index (κ3) is 0.878. The molecule has 0 aromatic carbocycles. The van der Waals surface area contributed by atoms with E-state index in [1.54, 1.807) is 0 Å². The van der Waals surface area contributed by atoms with Gasteiger partial charge in [0.05, 0.1) is 0 Å². The predicted molar refractivity (Wildman–Crippen MR) is 48.4 cm³/mol. The lowest BCUT2D eigenvalue weighted by Crippen LogP contribution is -2.55. The summed E-state index contributed by atoms with van der Waals surface area (Å²) in [5.74, 6) is 3.21. The first-order valence-corrected chi connectivity index (χ1v) is 5.17. The van der Waals surface area contributed by atoms with Crippen molar-refractivity contribution in [2.45, 2.75) is 46.5 Å². The molecule has 0 saturated heterocycles. The fraction of sp³-hybridized carbons (Fsp3) is 1.00. The highest BCUT2D eigenvalue weighted by Crippen LogP contribution is 2.66. The molecule has 0 heteroatoms. The van der Waals surface area contributed by atoms with Crippen molar-refractivity contribution in [3.8, 4) is 0 Å². The van der Waals surface area contributed by atoms with Gasteiger partial charge in [-0.1, -0.05) is 27.2 Å². The first-order chi connectivity index (χ1) is 5.17. The molecule has 2 fully saturated rings. The van der Waals surface area contributed by atoms with Crippen molar-refractivity contribution in [3.05, 3.63) is 0 Å². The summed E-state index contributed by atoms with van der Waals surface area (Å²) in [6, 6.07) is 0. The molecule has 0 N–H and O–H groups in total. The molecule has 0 radical (unpaired) electrons. The minimum absolute atomic E-state index is 0.814. The third-order valence-corrected chi connectivity index (χ3v) is 4.52. The Morgan fingerprint density at radius 2 is 2.27 bits per heavy atom. The van der Waals surface area contributed by atoms with E-state index in [0.717, 1.165) is 23.2 Å². The summed E-state index contributed by atoms with van der Waals surface area (Å²) in [6.07, 6.45) is 5.97. The molecule has 0 aromatic heterocycles. The maximum atomic E-state index is 2.49. The molecule has 2 aliphatic rings. The Morgan fingerprint density at radius 1 is 1.55 bits per heavy atom. The molecule has 2 saturated carbocycles. The van der Waals surface area contributed by atoms with E-state index in [-0.39, 0.29) is 0 Å². The maximum absolute atomic E-state index is 2.49. The molecular formula is C11H20. The quantitative estimate of drug-likeness (QED) is 0.568. The van der Waals surface area contributed by atoms with E-state index in [1.807, 2.05) is 0 Å². The van der Waals surface area contributed by atoms with Crippen LogP contribution in [-0.4, -0.2) is 0 Å². The topological polar surface area (TPSA) is 0 Å². The van der Waals surface area contributed by atoms with Crippen molar-refractivity contribution in [1.82, 2.24) is 0 Å². The van der Waals surface area contributed by atoms with Gasteiger partial charge in [0.1, 0.15) is 0 Å². The van der Waals surface area contributed by atoms with Crippen LogP contribution in [0.4, 0.5) is 0 Å². The van der Waals surface area contributed by atoms with Crippen molar-refractivity contribution in [2.24, 2.45) is 23.2 Å². The third-order valence-electron chi connectivity index (χ3n) is 4.52. The number of hydrogen-bond acceptors (Lipinski definition) is 0. The van der Waals surface area contributed by atoms with Crippen LogP contribution in [0.25, 0.3) is 0 Å². The zero-order chi connectivity index (χ0) is 8.06. The van der Waals surface area contributed by atoms with E-state index in [2.05, 4.69) is 20.8 Å². The Balaban J connectivity index is 1.92. The number of rotatable bonds is 2. The molecule has 4 unspecified atom stereocenters. The van der Waals surface area contributed by atoms with Crippen LogP contribution in [0.15, 0.2) is 0 Å². The van der Waals surface area contributed by atoms with Crippen LogP contribution in [0, 0.1) is 23.2 Å². The zero-order valence-electron chi connectivity index (χ0n) is 8.06. The fourth-order valence-electron chi connectivity index (χ4n) is 3.21. The highest BCUT2D eigenvalue weighted by Gasteiger charge is 2.57. The summed E-state index contributed by atoms with van der Waals surface area (Å²) < 4.78 is 0. The first-order valence-electron chi connectivity index (χ1n) is 5.17. The lowest BCUT2D eigenvalue weighted by molar-refractivity contribution is -0.140. The van der Waals surface area contributed by atoms with Crippen LogP contribution >= 0.6 is 0 Å². The Hall–Kier alpha value is 0. The van der Waals surface area contributed by atoms with Crippen LogP contribution < -0.4 is 0 Å². The Kier molecular flexibility index (Phi) is 1.56. The highest BCUT2D eigenvalue weighted by molar-refractivity contribution is 5.06. The van der Waals surface area contributed by atoms with Gasteiger partial charge in [-0.2, -0.15) is 0 Å². The molecule has 0 amide bonds. The molecule has 64 valence electrons.